The van der Waals surface area contributed by atoms with Gasteiger partial charge in [0, 0.05) is 12.3 Å². The summed E-state index contributed by atoms with van der Waals surface area (Å²) < 4.78 is 5.75. The second-order valence-corrected chi connectivity index (χ2v) is 5.07. The summed E-state index contributed by atoms with van der Waals surface area (Å²) in [4.78, 5) is 0. The lowest BCUT2D eigenvalue weighted by atomic mass is 10.0. The quantitative estimate of drug-likeness (QED) is 0.721. The molecule has 0 heterocycles. The largest absolute Gasteiger partial charge is 0.493 e. The molecule has 0 saturated heterocycles. The van der Waals surface area contributed by atoms with Gasteiger partial charge in [-0.05, 0) is 42.7 Å². The number of rotatable bonds is 5. The van der Waals surface area contributed by atoms with Crippen LogP contribution in [0.2, 0.25) is 0 Å². The highest BCUT2D eigenvalue weighted by atomic mass is 35.5. The molecule has 2 heteroatoms. The molecule has 0 amide bonds. The van der Waals surface area contributed by atoms with E-state index in [4.69, 9.17) is 16.3 Å². The normalized spacial score (nSPS) is 10.5. The summed E-state index contributed by atoms with van der Waals surface area (Å²) in [5.41, 5.74) is 5.02. The molecule has 1 nitrogen and oxygen atoms in total. The van der Waals surface area contributed by atoms with Crippen LogP contribution in [0.4, 0.5) is 0 Å². The Morgan fingerprint density at radius 1 is 1.00 bits per heavy atom. The van der Waals surface area contributed by atoms with Crippen LogP contribution in [0.3, 0.4) is 0 Å². The van der Waals surface area contributed by atoms with Crippen molar-refractivity contribution in [1.82, 2.24) is 0 Å². The zero-order valence-corrected chi connectivity index (χ0v) is 12.2. The average molecular weight is 275 g/mol. The van der Waals surface area contributed by atoms with Gasteiger partial charge in [0.15, 0.2) is 0 Å². The molecule has 0 aliphatic rings. The summed E-state index contributed by atoms with van der Waals surface area (Å²) in [6.45, 7) is 4.90. The number of aryl methyl sites for hydroxylation is 2. The van der Waals surface area contributed by atoms with Crippen LogP contribution in [0.1, 0.15) is 22.3 Å². The molecule has 2 aromatic rings. The van der Waals surface area contributed by atoms with Crippen LogP contribution in [-0.4, -0.2) is 6.61 Å². The van der Waals surface area contributed by atoms with Crippen molar-refractivity contribution in [1.29, 1.82) is 0 Å². The predicted molar refractivity (Wildman–Crippen MR) is 81.1 cm³/mol. The molecule has 0 atom stereocenters. The zero-order valence-electron chi connectivity index (χ0n) is 11.4. The molecule has 2 aromatic carbocycles. The molecule has 0 bridgehead atoms. The van der Waals surface area contributed by atoms with E-state index in [1.807, 2.05) is 12.1 Å². The molecule has 100 valence electrons. The molecule has 0 aliphatic carbocycles. The Labute approximate surface area is 120 Å². The minimum absolute atomic E-state index is 0.570. The number of hydrogen-bond acceptors (Lipinski definition) is 1. The Morgan fingerprint density at radius 2 is 1.74 bits per heavy atom. The van der Waals surface area contributed by atoms with Gasteiger partial charge in [0.1, 0.15) is 5.75 Å². The van der Waals surface area contributed by atoms with Crippen molar-refractivity contribution in [3.63, 3.8) is 0 Å². The maximum atomic E-state index is 5.82. The molecular formula is C17H19ClO. The summed E-state index contributed by atoms with van der Waals surface area (Å²) in [6, 6.07) is 14.5. The van der Waals surface area contributed by atoms with Gasteiger partial charge in [0.05, 0.1) is 6.61 Å². The summed E-state index contributed by atoms with van der Waals surface area (Å²) in [6.07, 6.45) is 0.919. The standard InChI is InChI=1S/C17H19ClO/c1-13-3-7-17(8-4-13)19-10-9-16-6-5-15(12-18)11-14(16)2/h3-8,11H,9-10,12H2,1-2H3. The van der Waals surface area contributed by atoms with E-state index in [2.05, 4.69) is 44.2 Å². The molecule has 0 saturated carbocycles. The number of benzene rings is 2. The maximum absolute atomic E-state index is 5.82. The van der Waals surface area contributed by atoms with Crippen molar-refractivity contribution in [2.24, 2.45) is 0 Å². The van der Waals surface area contributed by atoms with Crippen LogP contribution in [0.5, 0.6) is 5.75 Å². The van der Waals surface area contributed by atoms with Crippen molar-refractivity contribution in [2.75, 3.05) is 6.61 Å². The average Bonchev–Trinajstić information content (AvgIpc) is 2.42. The van der Waals surface area contributed by atoms with Crippen molar-refractivity contribution < 1.29 is 4.74 Å². The fraction of sp³-hybridized carbons (Fsp3) is 0.294. The van der Waals surface area contributed by atoms with Gasteiger partial charge in [-0.3, -0.25) is 0 Å². The minimum Gasteiger partial charge on any atom is -0.493 e. The van der Waals surface area contributed by atoms with Gasteiger partial charge in [-0.15, -0.1) is 11.6 Å². The van der Waals surface area contributed by atoms with E-state index >= 15 is 0 Å². The van der Waals surface area contributed by atoms with E-state index in [-0.39, 0.29) is 0 Å². The third-order valence-corrected chi connectivity index (χ3v) is 3.53. The maximum Gasteiger partial charge on any atom is 0.119 e. The lowest BCUT2D eigenvalue weighted by Gasteiger charge is -2.09. The number of hydrogen-bond donors (Lipinski definition) is 0. The van der Waals surface area contributed by atoms with Crippen LogP contribution >= 0.6 is 11.6 Å². The first-order valence-corrected chi connectivity index (χ1v) is 7.06. The first-order valence-electron chi connectivity index (χ1n) is 6.53. The van der Waals surface area contributed by atoms with Gasteiger partial charge >= 0.3 is 0 Å². The second kappa shape index (κ2) is 6.63. The van der Waals surface area contributed by atoms with Crippen LogP contribution in [0, 0.1) is 13.8 Å². The van der Waals surface area contributed by atoms with Gasteiger partial charge < -0.3 is 4.74 Å². The third-order valence-electron chi connectivity index (χ3n) is 3.22. The first kappa shape index (κ1) is 14.0. The van der Waals surface area contributed by atoms with E-state index in [1.54, 1.807) is 0 Å². The predicted octanol–water partition coefficient (Wildman–Crippen LogP) is 4.66. The molecule has 0 N–H and O–H groups in total. The van der Waals surface area contributed by atoms with Gasteiger partial charge in [0.25, 0.3) is 0 Å². The van der Waals surface area contributed by atoms with Crippen LogP contribution in [0.15, 0.2) is 42.5 Å². The monoisotopic (exact) mass is 274 g/mol. The summed E-state index contributed by atoms with van der Waals surface area (Å²) in [5, 5.41) is 0. The van der Waals surface area contributed by atoms with Crippen LogP contribution in [-0.2, 0) is 12.3 Å². The Bertz CT molecular complexity index is 531. The lowest BCUT2D eigenvalue weighted by Crippen LogP contribution is -2.03. The van der Waals surface area contributed by atoms with Gasteiger partial charge in [-0.1, -0.05) is 35.9 Å². The van der Waals surface area contributed by atoms with Crippen LogP contribution < -0.4 is 4.74 Å². The molecular weight excluding hydrogens is 256 g/mol. The summed E-state index contributed by atoms with van der Waals surface area (Å²) >= 11 is 5.82. The van der Waals surface area contributed by atoms with Gasteiger partial charge in [0.2, 0.25) is 0 Å². The van der Waals surface area contributed by atoms with Crippen LogP contribution in [0.25, 0.3) is 0 Å². The van der Waals surface area contributed by atoms with E-state index in [9.17, 15) is 0 Å². The highest BCUT2D eigenvalue weighted by Crippen LogP contribution is 2.15. The SMILES string of the molecule is Cc1ccc(OCCc2ccc(CCl)cc2C)cc1. The Morgan fingerprint density at radius 3 is 2.37 bits per heavy atom. The van der Waals surface area contributed by atoms with Crippen molar-refractivity contribution >= 4 is 11.6 Å². The fourth-order valence-corrected chi connectivity index (χ4v) is 2.20. The van der Waals surface area contributed by atoms with Gasteiger partial charge in [-0.2, -0.15) is 0 Å². The fourth-order valence-electron chi connectivity index (χ4n) is 2.03. The summed E-state index contributed by atoms with van der Waals surface area (Å²) in [7, 11) is 0. The van der Waals surface area contributed by atoms with Crippen molar-refractivity contribution in [2.45, 2.75) is 26.1 Å². The topological polar surface area (TPSA) is 9.23 Å². The number of alkyl halides is 1. The zero-order chi connectivity index (χ0) is 13.7. The minimum atomic E-state index is 0.570. The number of halogens is 1. The molecule has 0 unspecified atom stereocenters. The lowest BCUT2D eigenvalue weighted by molar-refractivity contribution is 0.321. The molecule has 0 spiro atoms. The highest BCUT2D eigenvalue weighted by Gasteiger charge is 2.01. The van der Waals surface area contributed by atoms with E-state index in [0.29, 0.717) is 12.5 Å². The molecule has 0 aliphatic heterocycles. The van der Waals surface area contributed by atoms with E-state index < -0.39 is 0 Å². The highest BCUT2D eigenvalue weighted by molar-refractivity contribution is 6.17. The van der Waals surface area contributed by atoms with Crippen molar-refractivity contribution in [3.8, 4) is 5.75 Å². The second-order valence-electron chi connectivity index (χ2n) is 4.81. The Balaban J connectivity index is 1.90. The molecule has 0 fully saturated rings. The molecule has 0 aromatic heterocycles. The summed E-state index contributed by atoms with van der Waals surface area (Å²) in [5.74, 6) is 1.50. The van der Waals surface area contributed by atoms with E-state index in [0.717, 1.165) is 12.2 Å². The molecule has 19 heavy (non-hydrogen) atoms. The third kappa shape index (κ3) is 4.00. The van der Waals surface area contributed by atoms with E-state index in [1.165, 1.54) is 22.3 Å². The smallest absolute Gasteiger partial charge is 0.119 e. The van der Waals surface area contributed by atoms with Gasteiger partial charge in [-0.25, -0.2) is 0 Å². The first-order chi connectivity index (χ1) is 9.19. The molecule has 2 rings (SSSR count). The Hall–Kier alpha value is -1.47. The van der Waals surface area contributed by atoms with Crippen molar-refractivity contribution in [3.05, 3.63) is 64.7 Å². The number of ether oxygens (including phenoxy) is 1. The molecule has 0 radical (unpaired) electrons. The Kier molecular flexibility index (Phi) is 4.86.